The highest BCUT2D eigenvalue weighted by atomic mass is 16.3. The third kappa shape index (κ3) is 4.88. The van der Waals surface area contributed by atoms with Gasteiger partial charge in [0.05, 0.1) is 6.10 Å². The lowest BCUT2D eigenvalue weighted by atomic mass is 9.58. The van der Waals surface area contributed by atoms with Crippen LogP contribution in [0.1, 0.15) is 54.9 Å². The number of rotatable bonds is 3. The Morgan fingerprint density at radius 1 is 1.19 bits per heavy atom. The largest absolute Gasteiger partial charge is 0.393 e. The molecule has 1 fully saturated rings. The van der Waals surface area contributed by atoms with Gasteiger partial charge < -0.3 is 10.4 Å². The fourth-order valence-corrected chi connectivity index (χ4v) is 4.65. The second-order valence-electron chi connectivity index (χ2n) is 9.56. The molecule has 0 spiro atoms. The van der Waals surface area contributed by atoms with E-state index in [0.717, 1.165) is 12.0 Å². The molecule has 1 saturated carbocycles. The normalized spacial score (nSPS) is 38.3. The zero-order valence-electron chi connectivity index (χ0n) is 17.5. The van der Waals surface area contributed by atoms with Gasteiger partial charge in [-0.05, 0) is 69.6 Å². The highest BCUT2D eigenvalue weighted by molar-refractivity contribution is 5.93. The Balaban J connectivity index is 2.14. The molecule has 146 valence electrons. The zero-order chi connectivity index (χ0) is 19.6. The molecule has 26 heavy (non-hydrogen) atoms. The Kier molecular flexibility index (Phi) is 6.55. The first kappa shape index (κ1) is 21.0. The van der Waals surface area contributed by atoms with Crippen molar-refractivity contribution in [3.63, 3.8) is 0 Å². The minimum atomic E-state index is -0.226. The lowest BCUT2D eigenvalue weighted by molar-refractivity contribution is -0.118. The summed E-state index contributed by atoms with van der Waals surface area (Å²) in [5, 5.41) is 13.6. The maximum absolute atomic E-state index is 12.2. The summed E-state index contributed by atoms with van der Waals surface area (Å²) >= 11 is 0. The molecule has 7 atom stereocenters. The molecule has 0 heterocycles. The van der Waals surface area contributed by atoms with Crippen molar-refractivity contribution in [1.29, 1.82) is 0 Å². The molecule has 2 rings (SSSR count). The molecule has 0 saturated heterocycles. The summed E-state index contributed by atoms with van der Waals surface area (Å²) in [5.41, 5.74) is 0.493. The van der Waals surface area contributed by atoms with Crippen LogP contribution in [0.15, 0.2) is 36.0 Å². The molecule has 0 aliphatic heterocycles. The molecule has 2 aliphatic carbocycles. The van der Waals surface area contributed by atoms with Crippen LogP contribution in [0.25, 0.3) is 0 Å². The van der Waals surface area contributed by atoms with Crippen LogP contribution in [0.3, 0.4) is 0 Å². The first-order valence-corrected chi connectivity index (χ1v) is 10.0. The number of aliphatic hydroxyl groups is 1. The van der Waals surface area contributed by atoms with Crippen LogP contribution in [-0.4, -0.2) is 22.7 Å². The number of amides is 1. The quantitative estimate of drug-likeness (QED) is 0.443. The monoisotopic (exact) mass is 359 g/mol. The van der Waals surface area contributed by atoms with E-state index in [1.54, 1.807) is 0 Å². The summed E-state index contributed by atoms with van der Waals surface area (Å²) in [7, 11) is 0. The number of allylic oxidation sites excluding steroid dienone is 5. The number of hydrogen-bond acceptors (Lipinski definition) is 2. The van der Waals surface area contributed by atoms with Crippen molar-refractivity contribution in [2.75, 3.05) is 0 Å². The number of nitrogens with one attached hydrogen (secondary N) is 1. The van der Waals surface area contributed by atoms with Crippen LogP contribution in [0, 0.1) is 35.5 Å². The molecule has 0 radical (unpaired) electrons. The third-order valence-electron chi connectivity index (χ3n) is 6.11. The predicted molar refractivity (Wildman–Crippen MR) is 109 cm³/mol. The van der Waals surface area contributed by atoms with Crippen molar-refractivity contribution in [3.8, 4) is 0 Å². The molecule has 2 aliphatic rings. The maximum atomic E-state index is 12.2. The van der Waals surface area contributed by atoms with Crippen molar-refractivity contribution in [2.24, 2.45) is 35.5 Å². The molecule has 0 bridgehead atoms. The van der Waals surface area contributed by atoms with Crippen LogP contribution in [-0.2, 0) is 4.79 Å². The summed E-state index contributed by atoms with van der Waals surface area (Å²) in [6.45, 7) is 14.4. The number of aliphatic hydroxyl groups excluding tert-OH is 1. The van der Waals surface area contributed by atoms with Crippen molar-refractivity contribution < 1.29 is 9.90 Å². The summed E-state index contributed by atoms with van der Waals surface area (Å²) in [5.74, 6) is 2.49. The van der Waals surface area contributed by atoms with Crippen molar-refractivity contribution in [3.05, 3.63) is 36.0 Å². The van der Waals surface area contributed by atoms with E-state index in [2.05, 4.69) is 44.3 Å². The lowest BCUT2D eigenvalue weighted by Crippen LogP contribution is -2.46. The van der Waals surface area contributed by atoms with Crippen LogP contribution >= 0.6 is 0 Å². The van der Waals surface area contributed by atoms with Gasteiger partial charge in [0.2, 0.25) is 5.91 Å². The van der Waals surface area contributed by atoms with Gasteiger partial charge in [0.15, 0.2) is 0 Å². The number of carbonyl (C=O) groups excluding carboxylic acids is 1. The Bertz CT molecular complexity index is 596. The molecule has 1 amide bonds. The SMILES string of the molecule is C/C(=C\C=C\[C@@H]1[C@H]2[C@H](C)[C@@H](O)[C@H](C)C[C@@H]2C=C[C@@H]1C)C(=O)NC(C)(C)C. The number of fused-ring (bicyclic) bond motifs is 1. The topological polar surface area (TPSA) is 49.3 Å². The Morgan fingerprint density at radius 3 is 2.46 bits per heavy atom. The third-order valence-corrected chi connectivity index (χ3v) is 6.11. The van der Waals surface area contributed by atoms with Crippen LogP contribution in [0.5, 0.6) is 0 Å². The van der Waals surface area contributed by atoms with E-state index in [1.807, 2.05) is 39.8 Å². The minimum Gasteiger partial charge on any atom is -0.393 e. The Hall–Kier alpha value is -1.35. The summed E-state index contributed by atoms with van der Waals surface area (Å²) in [6.07, 6.45) is 11.7. The van der Waals surface area contributed by atoms with Gasteiger partial charge in [-0.2, -0.15) is 0 Å². The average molecular weight is 360 g/mol. The molecule has 3 heteroatoms. The van der Waals surface area contributed by atoms with Gasteiger partial charge in [-0.3, -0.25) is 4.79 Å². The van der Waals surface area contributed by atoms with Crippen molar-refractivity contribution in [2.45, 2.75) is 66.5 Å². The molecule has 3 nitrogen and oxygen atoms in total. The van der Waals surface area contributed by atoms with Crippen LogP contribution < -0.4 is 5.32 Å². The average Bonchev–Trinajstić information content (AvgIpc) is 2.53. The number of hydrogen-bond donors (Lipinski definition) is 2. The fraction of sp³-hybridized carbons (Fsp3) is 0.696. The van der Waals surface area contributed by atoms with Gasteiger partial charge in [0, 0.05) is 11.1 Å². The second kappa shape index (κ2) is 8.12. The molecule has 0 aromatic heterocycles. The Morgan fingerprint density at radius 2 is 1.85 bits per heavy atom. The molecule has 2 N–H and O–H groups in total. The van der Waals surface area contributed by atoms with E-state index in [-0.39, 0.29) is 17.6 Å². The fourth-order valence-electron chi connectivity index (χ4n) is 4.65. The molecule has 0 unspecified atom stereocenters. The van der Waals surface area contributed by atoms with Gasteiger partial charge >= 0.3 is 0 Å². The minimum absolute atomic E-state index is 0.0214. The number of carbonyl (C=O) groups is 1. The lowest BCUT2D eigenvalue weighted by Gasteiger charge is -2.48. The van der Waals surface area contributed by atoms with Crippen molar-refractivity contribution in [1.82, 2.24) is 5.32 Å². The molecule has 0 aromatic carbocycles. The van der Waals surface area contributed by atoms with Gasteiger partial charge in [-0.1, -0.05) is 51.2 Å². The van der Waals surface area contributed by atoms with E-state index in [9.17, 15) is 9.90 Å². The standard InChI is InChI=1S/C23H37NO2/c1-14-11-12-18-13-16(3)21(25)17(4)20(18)19(14)10-8-9-15(2)22(26)24-23(5,6)7/h8-12,14,16-21,25H,13H2,1-7H3,(H,24,26)/b10-8+,15-9+/t14-,16+,17-,18-,19-,20-,21-/m0/s1. The van der Waals surface area contributed by atoms with Gasteiger partial charge in [0.1, 0.15) is 0 Å². The maximum Gasteiger partial charge on any atom is 0.247 e. The van der Waals surface area contributed by atoms with Crippen molar-refractivity contribution >= 4 is 5.91 Å². The highest BCUT2D eigenvalue weighted by Gasteiger charge is 2.44. The van der Waals surface area contributed by atoms with Gasteiger partial charge in [-0.25, -0.2) is 0 Å². The van der Waals surface area contributed by atoms with Gasteiger partial charge in [0.25, 0.3) is 0 Å². The van der Waals surface area contributed by atoms with Gasteiger partial charge in [-0.15, -0.1) is 0 Å². The van der Waals surface area contributed by atoms with E-state index < -0.39 is 0 Å². The first-order chi connectivity index (χ1) is 12.0. The molecule has 0 aromatic rings. The van der Waals surface area contributed by atoms with Crippen LogP contribution in [0.2, 0.25) is 0 Å². The predicted octanol–water partition coefficient (Wildman–Crippen LogP) is 4.49. The van der Waals surface area contributed by atoms with E-state index in [4.69, 9.17) is 0 Å². The summed E-state index contributed by atoms with van der Waals surface area (Å²) in [6, 6.07) is 0. The van der Waals surface area contributed by atoms with E-state index in [1.165, 1.54) is 0 Å². The summed E-state index contributed by atoms with van der Waals surface area (Å²) in [4.78, 5) is 12.2. The molecular weight excluding hydrogens is 322 g/mol. The first-order valence-electron chi connectivity index (χ1n) is 10.0. The summed E-state index contributed by atoms with van der Waals surface area (Å²) < 4.78 is 0. The zero-order valence-corrected chi connectivity index (χ0v) is 17.5. The smallest absolute Gasteiger partial charge is 0.247 e. The second-order valence-corrected chi connectivity index (χ2v) is 9.56. The molecular formula is C23H37NO2. The van der Waals surface area contributed by atoms with Crippen LogP contribution in [0.4, 0.5) is 0 Å². The van der Waals surface area contributed by atoms with E-state index >= 15 is 0 Å². The highest BCUT2D eigenvalue weighted by Crippen LogP contribution is 2.48. The van der Waals surface area contributed by atoms with E-state index in [0.29, 0.717) is 35.5 Å². The Labute approximate surface area is 159 Å².